The lowest BCUT2D eigenvalue weighted by Crippen LogP contribution is -1.77. The minimum atomic E-state index is 0.921. The van der Waals surface area contributed by atoms with Crippen molar-refractivity contribution in [1.82, 2.24) is 0 Å². The SMILES string of the molecule is COc1sc(Br)c(C)c1Br. The first kappa shape index (κ1) is 8.56. The zero-order valence-corrected chi connectivity index (χ0v) is 9.56. The van der Waals surface area contributed by atoms with Crippen LogP contribution in [0.5, 0.6) is 5.06 Å². The summed E-state index contributed by atoms with van der Waals surface area (Å²) in [5.41, 5.74) is 1.20. The van der Waals surface area contributed by atoms with E-state index in [4.69, 9.17) is 4.74 Å². The molecule has 1 nitrogen and oxygen atoms in total. The van der Waals surface area contributed by atoms with Crippen LogP contribution >= 0.6 is 43.2 Å². The second kappa shape index (κ2) is 3.24. The summed E-state index contributed by atoms with van der Waals surface area (Å²) in [4.78, 5) is 0. The number of ether oxygens (including phenoxy) is 1. The van der Waals surface area contributed by atoms with E-state index in [0.29, 0.717) is 0 Å². The maximum absolute atomic E-state index is 5.09. The summed E-state index contributed by atoms with van der Waals surface area (Å²) >= 11 is 8.42. The highest BCUT2D eigenvalue weighted by atomic mass is 79.9. The largest absolute Gasteiger partial charge is 0.486 e. The van der Waals surface area contributed by atoms with Crippen LogP contribution in [-0.4, -0.2) is 7.11 Å². The van der Waals surface area contributed by atoms with Crippen LogP contribution in [0, 0.1) is 6.92 Å². The second-order valence-corrected chi connectivity index (χ2v) is 4.90. The van der Waals surface area contributed by atoms with Crippen LogP contribution in [-0.2, 0) is 0 Å². The van der Waals surface area contributed by atoms with E-state index in [1.54, 1.807) is 18.4 Å². The minimum Gasteiger partial charge on any atom is -0.486 e. The summed E-state index contributed by atoms with van der Waals surface area (Å²) in [5.74, 6) is 0. The first-order valence-electron chi connectivity index (χ1n) is 2.65. The van der Waals surface area contributed by atoms with Gasteiger partial charge in [0.1, 0.15) is 0 Å². The summed E-state index contributed by atoms with van der Waals surface area (Å²) in [7, 11) is 1.67. The van der Waals surface area contributed by atoms with Gasteiger partial charge in [-0.15, -0.1) is 0 Å². The molecular weight excluding hydrogens is 280 g/mol. The van der Waals surface area contributed by atoms with Crippen molar-refractivity contribution in [3.05, 3.63) is 13.8 Å². The van der Waals surface area contributed by atoms with E-state index in [2.05, 4.69) is 31.9 Å². The van der Waals surface area contributed by atoms with Crippen LogP contribution in [0.2, 0.25) is 0 Å². The molecule has 1 aromatic rings. The normalized spacial score (nSPS) is 10.0. The summed E-state index contributed by atoms with van der Waals surface area (Å²) in [6.45, 7) is 2.03. The molecule has 0 saturated heterocycles. The molecular formula is C6H6Br2OS. The van der Waals surface area contributed by atoms with Crippen LogP contribution < -0.4 is 4.74 Å². The molecule has 0 radical (unpaired) electrons. The molecule has 1 aromatic heterocycles. The third-order valence-corrected chi connectivity index (χ3v) is 4.51. The summed E-state index contributed by atoms with van der Waals surface area (Å²) < 4.78 is 7.26. The van der Waals surface area contributed by atoms with Crippen molar-refractivity contribution < 1.29 is 4.74 Å². The Labute approximate surface area is 80.7 Å². The van der Waals surface area contributed by atoms with Gasteiger partial charge in [0.2, 0.25) is 0 Å². The first-order chi connectivity index (χ1) is 4.66. The molecule has 56 valence electrons. The molecule has 0 fully saturated rings. The van der Waals surface area contributed by atoms with Gasteiger partial charge in [-0.3, -0.25) is 0 Å². The number of halogens is 2. The first-order valence-corrected chi connectivity index (χ1v) is 5.05. The monoisotopic (exact) mass is 284 g/mol. The molecule has 0 atom stereocenters. The van der Waals surface area contributed by atoms with Gasteiger partial charge < -0.3 is 4.74 Å². The lowest BCUT2D eigenvalue weighted by Gasteiger charge is -1.92. The molecule has 0 spiro atoms. The zero-order valence-electron chi connectivity index (χ0n) is 5.57. The molecule has 1 heterocycles. The summed E-state index contributed by atoms with van der Waals surface area (Å²) in [6, 6.07) is 0. The summed E-state index contributed by atoms with van der Waals surface area (Å²) in [6.07, 6.45) is 0. The fourth-order valence-corrected chi connectivity index (χ4v) is 2.96. The van der Waals surface area contributed by atoms with Gasteiger partial charge in [-0.05, 0) is 44.3 Å². The van der Waals surface area contributed by atoms with Gasteiger partial charge in [0.05, 0.1) is 15.4 Å². The Hall–Kier alpha value is 0.460. The van der Waals surface area contributed by atoms with E-state index in [1.165, 1.54) is 5.56 Å². The molecule has 0 unspecified atom stereocenters. The standard InChI is InChI=1S/C6H6Br2OS/c1-3-4(7)6(9-2)10-5(3)8/h1-2H3. The van der Waals surface area contributed by atoms with Crippen molar-refractivity contribution in [1.29, 1.82) is 0 Å². The average Bonchev–Trinajstić information content (AvgIpc) is 2.17. The van der Waals surface area contributed by atoms with Crippen molar-refractivity contribution in [2.45, 2.75) is 6.92 Å². The Morgan fingerprint density at radius 3 is 2.20 bits per heavy atom. The predicted molar refractivity (Wildman–Crippen MR) is 51.0 cm³/mol. The molecule has 0 aliphatic carbocycles. The van der Waals surface area contributed by atoms with Crippen molar-refractivity contribution in [3.63, 3.8) is 0 Å². The predicted octanol–water partition coefficient (Wildman–Crippen LogP) is 3.59. The third-order valence-electron chi connectivity index (χ3n) is 1.17. The molecule has 0 amide bonds. The van der Waals surface area contributed by atoms with E-state index >= 15 is 0 Å². The van der Waals surface area contributed by atoms with E-state index < -0.39 is 0 Å². The number of methoxy groups -OCH3 is 1. The Bertz CT molecular complexity index is 244. The van der Waals surface area contributed by atoms with Gasteiger partial charge in [-0.2, -0.15) is 0 Å². The van der Waals surface area contributed by atoms with E-state index in [-0.39, 0.29) is 0 Å². The van der Waals surface area contributed by atoms with Gasteiger partial charge in [0, 0.05) is 0 Å². The topological polar surface area (TPSA) is 9.23 Å². The Balaban J connectivity index is 3.17. The van der Waals surface area contributed by atoms with Crippen LogP contribution in [0.1, 0.15) is 5.56 Å². The van der Waals surface area contributed by atoms with Gasteiger partial charge in [0.15, 0.2) is 5.06 Å². The molecule has 0 aliphatic heterocycles. The van der Waals surface area contributed by atoms with Gasteiger partial charge in [-0.1, -0.05) is 11.3 Å². The fraction of sp³-hybridized carbons (Fsp3) is 0.333. The molecule has 0 N–H and O–H groups in total. The van der Waals surface area contributed by atoms with Crippen molar-refractivity contribution in [3.8, 4) is 5.06 Å². The van der Waals surface area contributed by atoms with E-state index in [9.17, 15) is 0 Å². The Morgan fingerprint density at radius 2 is 2.00 bits per heavy atom. The van der Waals surface area contributed by atoms with Crippen LogP contribution in [0.15, 0.2) is 8.26 Å². The van der Waals surface area contributed by atoms with Crippen LogP contribution in [0.25, 0.3) is 0 Å². The average molecular weight is 286 g/mol. The Morgan fingerprint density at radius 1 is 1.40 bits per heavy atom. The molecule has 0 aliphatic rings. The van der Waals surface area contributed by atoms with E-state index in [0.717, 1.165) is 13.3 Å². The molecule has 10 heavy (non-hydrogen) atoms. The molecule has 1 rings (SSSR count). The third kappa shape index (κ3) is 1.38. The maximum Gasteiger partial charge on any atom is 0.189 e. The van der Waals surface area contributed by atoms with Gasteiger partial charge in [0.25, 0.3) is 0 Å². The lowest BCUT2D eigenvalue weighted by molar-refractivity contribution is 0.424. The van der Waals surface area contributed by atoms with Gasteiger partial charge in [-0.25, -0.2) is 0 Å². The number of hydrogen-bond donors (Lipinski definition) is 0. The molecule has 4 heteroatoms. The quantitative estimate of drug-likeness (QED) is 0.766. The van der Waals surface area contributed by atoms with Crippen molar-refractivity contribution in [2.75, 3.05) is 7.11 Å². The Kier molecular flexibility index (Phi) is 2.77. The minimum absolute atomic E-state index is 0.921. The smallest absolute Gasteiger partial charge is 0.189 e. The fourth-order valence-electron chi connectivity index (χ4n) is 0.573. The van der Waals surface area contributed by atoms with Crippen molar-refractivity contribution >= 4 is 43.2 Å². The second-order valence-electron chi connectivity index (χ2n) is 1.81. The summed E-state index contributed by atoms with van der Waals surface area (Å²) in [5, 5.41) is 0.921. The molecule has 0 bridgehead atoms. The molecule has 0 aromatic carbocycles. The van der Waals surface area contributed by atoms with Crippen LogP contribution in [0.4, 0.5) is 0 Å². The number of rotatable bonds is 1. The highest BCUT2D eigenvalue weighted by Gasteiger charge is 2.10. The highest BCUT2D eigenvalue weighted by molar-refractivity contribution is 9.11. The lowest BCUT2D eigenvalue weighted by atomic mass is 10.4. The number of thiophene rings is 1. The zero-order chi connectivity index (χ0) is 7.72. The highest BCUT2D eigenvalue weighted by Crippen LogP contribution is 2.41. The maximum atomic E-state index is 5.09. The van der Waals surface area contributed by atoms with Crippen molar-refractivity contribution in [2.24, 2.45) is 0 Å². The van der Waals surface area contributed by atoms with E-state index in [1.807, 2.05) is 6.92 Å². The van der Waals surface area contributed by atoms with Gasteiger partial charge >= 0.3 is 0 Å². The number of hydrogen-bond acceptors (Lipinski definition) is 2. The molecule has 0 saturated carbocycles. The van der Waals surface area contributed by atoms with Crippen LogP contribution in [0.3, 0.4) is 0 Å².